The fourth-order valence-electron chi connectivity index (χ4n) is 1.79. The molecule has 1 saturated heterocycles. The van der Waals surface area contributed by atoms with E-state index in [-0.39, 0.29) is 0 Å². The lowest BCUT2D eigenvalue weighted by Crippen LogP contribution is -2.24. The Morgan fingerprint density at radius 1 is 1.56 bits per heavy atom. The molecule has 2 nitrogen and oxygen atoms in total. The van der Waals surface area contributed by atoms with Crippen molar-refractivity contribution in [1.29, 1.82) is 5.26 Å². The van der Waals surface area contributed by atoms with Crippen LogP contribution in [0.3, 0.4) is 0 Å². The highest BCUT2D eigenvalue weighted by Crippen LogP contribution is 2.43. The largest absolute Gasteiger partial charge is 0.312 e. The molecule has 0 amide bonds. The summed E-state index contributed by atoms with van der Waals surface area (Å²) < 4.78 is 0. The zero-order chi connectivity index (χ0) is 6.27. The van der Waals surface area contributed by atoms with Gasteiger partial charge in [0.05, 0.1) is 12.0 Å². The molecule has 0 bridgehead atoms. The van der Waals surface area contributed by atoms with Crippen molar-refractivity contribution in [2.24, 2.45) is 11.8 Å². The summed E-state index contributed by atoms with van der Waals surface area (Å²) in [6, 6.07) is 2.89. The number of fused-ring (bicyclic) bond motifs is 1. The molecule has 1 aliphatic carbocycles. The van der Waals surface area contributed by atoms with Crippen molar-refractivity contribution in [1.82, 2.24) is 5.32 Å². The third kappa shape index (κ3) is 0.650. The fourth-order valence-corrected chi connectivity index (χ4v) is 1.79. The van der Waals surface area contributed by atoms with Crippen molar-refractivity contribution in [3.05, 3.63) is 0 Å². The minimum Gasteiger partial charge on any atom is -0.312 e. The molecule has 2 heteroatoms. The lowest BCUT2D eigenvalue weighted by Gasteiger charge is -2.07. The number of nitrogens with zero attached hydrogens (tertiary/aromatic N) is 1. The lowest BCUT2D eigenvalue weighted by molar-refractivity contribution is 0.505. The van der Waals surface area contributed by atoms with E-state index in [9.17, 15) is 0 Å². The summed E-state index contributed by atoms with van der Waals surface area (Å²) in [6.07, 6.45) is 2.54. The summed E-state index contributed by atoms with van der Waals surface area (Å²) in [5.74, 6) is 1.07. The van der Waals surface area contributed by atoms with Crippen LogP contribution in [0.1, 0.15) is 12.8 Å². The van der Waals surface area contributed by atoms with Crippen LogP contribution in [-0.2, 0) is 0 Å². The first-order valence-corrected chi connectivity index (χ1v) is 3.56. The minimum atomic E-state index is 0.354. The predicted molar refractivity (Wildman–Crippen MR) is 33.6 cm³/mol. The molecule has 1 heterocycles. The maximum Gasteiger partial charge on any atom is 0.0675 e. The van der Waals surface area contributed by atoms with Gasteiger partial charge in [-0.05, 0) is 25.3 Å². The summed E-state index contributed by atoms with van der Waals surface area (Å²) in [4.78, 5) is 0. The van der Waals surface area contributed by atoms with E-state index >= 15 is 0 Å². The number of rotatable bonds is 0. The van der Waals surface area contributed by atoms with Crippen LogP contribution in [0, 0.1) is 23.2 Å². The van der Waals surface area contributed by atoms with Gasteiger partial charge in [0.2, 0.25) is 0 Å². The fraction of sp³-hybridized carbons (Fsp3) is 0.857. The van der Waals surface area contributed by atoms with Crippen LogP contribution in [0.2, 0.25) is 0 Å². The van der Waals surface area contributed by atoms with Crippen molar-refractivity contribution < 1.29 is 0 Å². The molecule has 1 saturated carbocycles. The smallest absolute Gasteiger partial charge is 0.0675 e. The van der Waals surface area contributed by atoms with Gasteiger partial charge in [-0.15, -0.1) is 0 Å². The molecule has 1 N–H and O–H groups in total. The average Bonchev–Trinajstić information content (AvgIpc) is 2.60. The van der Waals surface area contributed by atoms with Gasteiger partial charge in [-0.3, -0.25) is 0 Å². The molecule has 3 atom stereocenters. The summed E-state index contributed by atoms with van der Waals surface area (Å²) in [5, 5.41) is 11.9. The summed E-state index contributed by atoms with van der Waals surface area (Å²) in [7, 11) is 0. The van der Waals surface area contributed by atoms with Gasteiger partial charge in [-0.1, -0.05) is 0 Å². The molecule has 2 fully saturated rings. The zero-order valence-electron chi connectivity index (χ0n) is 5.30. The number of hydrogen-bond donors (Lipinski definition) is 1. The number of piperidine rings is 1. The molecule has 48 valence electrons. The van der Waals surface area contributed by atoms with Crippen LogP contribution in [0.15, 0.2) is 0 Å². The first-order chi connectivity index (χ1) is 4.43. The van der Waals surface area contributed by atoms with Crippen molar-refractivity contribution in [2.75, 3.05) is 6.54 Å². The van der Waals surface area contributed by atoms with Gasteiger partial charge in [-0.25, -0.2) is 0 Å². The van der Waals surface area contributed by atoms with E-state index in [1.165, 1.54) is 12.8 Å². The van der Waals surface area contributed by atoms with Gasteiger partial charge in [0.25, 0.3) is 0 Å². The van der Waals surface area contributed by atoms with Crippen molar-refractivity contribution in [3.63, 3.8) is 0 Å². The van der Waals surface area contributed by atoms with E-state index in [2.05, 4.69) is 11.4 Å². The van der Waals surface area contributed by atoms with E-state index in [1.807, 2.05) is 0 Å². The Labute approximate surface area is 54.9 Å². The van der Waals surface area contributed by atoms with E-state index in [0.29, 0.717) is 17.9 Å². The first-order valence-electron chi connectivity index (χ1n) is 3.56. The van der Waals surface area contributed by atoms with Crippen LogP contribution in [0.4, 0.5) is 0 Å². The molecule has 0 spiro atoms. The third-order valence-corrected chi connectivity index (χ3v) is 2.41. The maximum absolute atomic E-state index is 8.55. The maximum atomic E-state index is 8.55. The van der Waals surface area contributed by atoms with Crippen molar-refractivity contribution >= 4 is 0 Å². The Morgan fingerprint density at radius 3 is 3.00 bits per heavy atom. The molecule has 0 aromatic carbocycles. The first kappa shape index (κ1) is 5.25. The number of nitrogens with one attached hydrogen (secondary N) is 1. The standard InChI is InChI=1S/C7H10N2/c8-4-6-5-2-1-3-9-7(5)6/h5-7,9H,1-3H2. The van der Waals surface area contributed by atoms with Crippen molar-refractivity contribution in [3.8, 4) is 6.07 Å². The molecule has 3 unspecified atom stereocenters. The highest BCUT2D eigenvalue weighted by molar-refractivity contribution is 5.14. The SMILES string of the molecule is N#CC1C2CCCNC12. The van der Waals surface area contributed by atoms with Gasteiger partial charge in [0.15, 0.2) is 0 Å². The van der Waals surface area contributed by atoms with Crippen LogP contribution >= 0.6 is 0 Å². The normalized spacial score (nSPS) is 47.2. The van der Waals surface area contributed by atoms with Crippen LogP contribution in [0.25, 0.3) is 0 Å². The van der Waals surface area contributed by atoms with E-state index < -0.39 is 0 Å². The Balaban J connectivity index is 2.00. The predicted octanol–water partition coefficient (Wildman–Crippen LogP) is 0.508. The van der Waals surface area contributed by atoms with Crippen LogP contribution < -0.4 is 5.32 Å². The molecule has 0 radical (unpaired) electrons. The van der Waals surface area contributed by atoms with Gasteiger partial charge >= 0.3 is 0 Å². The lowest BCUT2D eigenvalue weighted by atomic mass is 10.1. The van der Waals surface area contributed by atoms with Crippen LogP contribution in [0.5, 0.6) is 0 Å². The quantitative estimate of drug-likeness (QED) is 0.508. The van der Waals surface area contributed by atoms with Gasteiger partial charge < -0.3 is 5.32 Å². The van der Waals surface area contributed by atoms with Gasteiger partial charge in [0, 0.05) is 6.04 Å². The Morgan fingerprint density at radius 2 is 2.44 bits per heavy atom. The van der Waals surface area contributed by atoms with Gasteiger partial charge in [0.1, 0.15) is 0 Å². The molecule has 9 heavy (non-hydrogen) atoms. The Bertz CT molecular complexity index is 147. The summed E-state index contributed by atoms with van der Waals surface area (Å²) in [6.45, 7) is 1.12. The third-order valence-electron chi connectivity index (χ3n) is 2.41. The second kappa shape index (κ2) is 1.71. The van der Waals surface area contributed by atoms with E-state index in [1.54, 1.807) is 0 Å². The second-order valence-corrected chi connectivity index (χ2v) is 2.94. The highest BCUT2D eigenvalue weighted by atomic mass is 15.0. The zero-order valence-corrected chi connectivity index (χ0v) is 5.30. The minimum absolute atomic E-state index is 0.354. The Kier molecular flexibility index (Phi) is 1.000. The van der Waals surface area contributed by atoms with Crippen molar-refractivity contribution in [2.45, 2.75) is 18.9 Å². The molecule has 2 rings (SSSR count). The van der Waals surface area contributed by atoms with Crippen LogP contribution in [-0.4, -0.2) is 12.6 Å². The van der Waals surface area contributed by atoms with Gasteiger partial charge in [-0.2, -0.15) is 5.26 Å². The molecular weight excluding hydrogens is 112 g/mol. The monoisotopic (exact) mass is 122 g/mol. The summed E-state index contributed by atoms with van der Waals surface area (Å²) in [5.41, 5.74) is 0. The average molecular weight is 122 g/mol. The molecular formula is C7H10N2. The summed E-state index contributed by atoms with van der Waals surface area (Å²) >= 11 is 0. The topological polar surface area (TPSA) is 35.8 Å². The van der Waals surface area contributed by atoms with E-state index in [4.69, 9.17) is 5.26 Å². The van der Waals surface area contributed by atoms with E-state index in [0.717, 1.165) is 6.54 Å². The number of nitriles is 1. The molecule has 0 aromatic heterocycles. The number of hydrogen-bond acceptors (Lipinski definition) is 2. The molecule has 2 aliphatic rings. The highest BCUT2D eigenvalue weighted by Gasteiger charge is 2.51. The Hall–Kier alpha value is -0.550. The molecule has 0 aromatic rings. The molecule has 1 aliphatic heterocycles. The second-order valence-electron chi connectivity index (χ2n) is 2.94.